The summed E-state index contributed by atoms with van der Waals surface area (Å²) in [6.07, 6.45) is 0. The van der Waals surface area contributed by atoms with Crippen LogP contribution in [0.25, 0.3) is 22.4 Å². The van der Waals surface area contributed by atoms with Crippen molar-refractivity contribution in [1.29, 1.82) is 5.26 Å². The fraction of sp³-hybridized carbons (Fsp3) is 0.125. The number of imidazole rings is 1. The Hall–Kier alpha value is -3.00. The first-order chi connectivity index (χ1) is 10.4. The Morgan fingerprint density at radius 2 is 2.00 bits per heavy atom. The van der Waals surface area contributed by atoms with Gasteiger partial charge in [0.2, 0.25) is 6.79 Å². The molecule has 0 atom stereocenters. The van der Waals surface area contributed by atoms with E-state index in [4.69, 9.17) is 14.7 Å². The third-order valence-corrected chi connectivity index (χ3v) is 3.51. The fourth-order valence-corrected chi connectivity index (χ4v) is 2.56. The minimum atomic E-state index is 0.243. The van der Waals surface area contributed by atoms with Crippen molar-refractivity contribution in [2.75, 3.05) is 6.79 Å². The van der Waals surface area contributed by atoms with Crippen LogP contribution in [-0.4, -0.2) is 16.3 Å². The molecular formula is C16H11N3O2. The average Bonchev–Trinajstić information content (AvgIpc) is 3.11. The van der Waals surface area contributed by atoms with Crippen molar-refractivity contribution in [3.8, 4) is 29.0 Å². The van der Waals surface area contributed by atoms with Crippen molar-refractivity contribution < 1.29 is 9.47 Å². The van der Waals surface area contributed by atoms with Gasteiger partial charge in [0, 0.05) is 5.56 Å². The number of nitrogens with zero attached hydrogens (tertiary/aromatic N) is 3. The van der Waals surface area contributed by atoms with Crippen LogP contribution in [0.3, 0.4) is 0 Å². The van der Waals surface area contributed by atoms with Crippen molar-refractivity contribution in [2.24, 2.45) is 0 Å². The van der Waals surface area contributed by atoms with E-state index in [0.29, 0.717) is 5.75 Å². The second-order valence-corrected chi connectivity index (χ2v) is 4.74. The fourth-order valence-electron chi connectivity index (χ4n) is 2.56. The Kier molecular flexibility index (Phi) is 2.54. The molecule has 5 heteroatoms. The molecule has 0 N–H and O–H groups in total. The Morgan fingerprint density at radius 1 is 1.14 bits per heavy atom. The van der Waals surface area contributed by atoms with Gasteiger partial charge in [-0.1, -0.05) is 12.1 Å². The molecule has 1 aliphatic rings. The highest BCUT2D eigenvalue weighted by Crippen LogP contribution is 2.36. The minimum Gasteiger partial charge on any atom is -0.454 e. The molecule has 0 amide bonds. The molecule has 1 aromatic heterocycles. The standard InChI is InChI=1S/C16H11N3O2/c17-7-8-19-13-4-2-1-3-12(13)18-16(19)11-5-6-14-15(9-11)21-10-20-14/h1-6,9H,8,10H2. The van der Waals surface area contributed by atoms with Gasteiger partial charge in [-0.15, -0.1) is 0 Å². The summed E-state index contributed by atoms with van der Waals surface area (Å²) < 4.78 is 12.6. The van der Waals surface area contributed by atoms with E-state index >= 15 is 0 Å². The van der Waals surface area contributed by atoms with Crippen LogP contribution in [0.4, 0.5) is 0 Å². The van der Waals surface area contributed by atoms with Crippen LogP contribution in [-0.2, 0) is 6.54 Å². The predicted molar refractivity (Wildman–Crippen MR) is 76.9 cm³/mol. The zero-order valence-corrected chi connectivity index (χ0v) is 11.1. The SMILES string of the molecule is N#CCn1c(-c2ccc3c(c2)OCO3)nc2ccccc21. The Bertz CT molecular complexity index is 877. The third-order valence-electron chi connectivity index (χ3n) is 3.51. The van der Waals surface area contributed by atoms with Gasteiger partial charge in [0.1, 0.15) is 12.4 Å². The van der Waals surface area contributed by atoms with Gasteiger partial charge in [0.25, 0.3) is 0 Å². The lowest BCUT2D eigenvalue weighted by atomic mass is 10.2. The molecule has 3 aromatic rings. The zero-order valence-electron chi connectivity index (χ0n) is 11.1. The van der Waals surface area contributed by atoms with Crippen LogP contribution in [0.2, 0.25) is 0 Å². The minimum absolute atomic E-state index is 0.243. The van der Waals surface area contributed by atoms with Crippen molar-refractivity contribution >= 4 is 11.0 Å². The molecular weight excluding hydrogens is 266 g/mol. The maximum Gasteiger partial charge on any atom is 0.231 e. The highest BCUT2D eigenvalue weighted by atomic mass is 16.7. The molecule has 5 nitrogen and oxygen atoms in total. The van der Waals surface area contributed by atoms with Crippen LogP contribution in [0, 0.1) is 11.3 Å². The highest BCUT2D eigenvalue weighted by molar-refractivity contribution is 5.81. The number of hydrogen-bond donors (Lipinski definition) is 0. The van der Waals surface area contributed by atoms with Gasteiger partial charge in [-0.2, -0.15) is 5.26 Å². The maximum atomic E-state index is 9.08. The van der Waals surface area contributed by atoms with Gasteiger partial charge in [-0.05, 0) is 30.3 Å². The lowest BCUT2D eigenvalue weighted by molar-refractivity contribution is 0.174. The van der Waals surface area contributed by atoms with Crippen LogP contribution in [0.1, 0.15) is 0 Å². The van der Waals surface area contributed by atoms with Crippen molar-refractivity contribution in [1.82, 2.24) is 9.55 Å². The molecule has 0 spiro atoms. The number of hydrogen-bond acceptors (Lipinski definition) is 4. The van der Waals surface area contributed by atoms with Crippen LogP contribution in [0.15, 0.2) is 42.5 Å². The van der Waals surface area contributed by atoms with E-state index in [0.717, 1.165) is 28.2 Å². The van der Waals surface area contributed by atoms with Gasteiger partial charge < -0.3 is 14.0 Å². The third kappa shape index (κ3) is 1.81. The van der Waals surface area contributed by atoms with Crippen LogP contribution < -0.4 is 9.47 Å². The smallest absolute Gasteiger partial charge is 0.231 e. The number of fused-ring (bicyclic) bond motifs is 2. The Labute approximate surface area is 121 Å². The van der Waals surface area contributed by atoms with Crippen molar-refractivity contribution in [3.63, 3.8) is 0 Å². The quantitative estimate of drug-likeness (QED) is 0.722. The monoisotopic (exact) mass is 277 g/mol. The number of rotatable bonds is 2. The van der Waals surface area contributed by atoms with Gasteiger partial charge in [-0.3, -0.25) is 0 Å². The summed E-state index contributed by atoms with van der Waals surface area (Å²) in [5.41, 5.74) is 2.73. The molecule has 0 unspecified atom stereocenters. The molecule has 0 bridgehead atoms. The first-order valence-corrected chi connectivity index (χ1v) is 6.59. The molecule has 0 radical (unpaired) electrons. The molecule has 102 valence electrons. The Morgan fingerprint density at radius 3 is 2.90 bits per heavy atom. The van der Waals surface area contributed by atoms with Crippen molar-refractivity contribution in [2.45, 2.75) is 6.54 Å². The summed E-state index contributed by atoms with van der Waals surface area (Å²) in [6, 6.07) is 15.7. The zero-order chi connectivity index (χ0) is 14.2. The first kappa shape index (κ1) is 11.8. The number of nitriles is 1. The molecule has 21 heavy (non-hydrogen) atoms. The van der Waals surface area contributed by atoms with Crippen molar-refractivity contribution in [3.05, 3.63) is 42.5 Å². The van der Waals surface area contributed by atoms with E-state index in [1.807, 2.05) is 47.0 Å². The maximum absolute atomic E-state index is 9.08. The predicted octanol–water partition coefficient (Wildman–Crippen LogP) is 2.96. The second kappa shape index (κ2) is 4.53. The van der Waals surface area contributed by atoms with E-state index in [1.165, 1.54) is 0 Å². The number of benzene rings is 2. The summed E-state index contributed by atoms with van der Waals surface area (Å²) in [4.78, 5) is 4.64. The molecule has 2 heterocycles. The summed E-state index contributed by atoms with van der Waals surface area (Å²) >= 11 is 0. The molecule has 0 saturated heterocycles. The number of para-hydroxylation sites is 2. The molecule has 0 saturated carbocycles. The number of aromatic nitrogens is 2. The normalized spacial score (nSPS) is 12.5. The van der Waals surface area contributed by atoms with E-state index in [-0.39, 0.29) is 13.3 Å². The van der Waals surface area contributed by atoms with Crippen LogP contribution in [0.5, 0.6) is 11.5 Å². The topological polar surface area (TPSA) is 60.1 Å². The summed E-state index contributed by atoms with van der Waals surface area (Å²) in [5.74, 6) is 2.21. The van der Waals surface area contributed by atoms with E-state index in [2.05, 4.69) is 11.1 Å². The Balaban J connectivity index is 1.93. The van der Waals surface area contributed by atoms with Gasteiger partial charge in [0.05, 0.1) is 17.1 Å². The van der Waals surface area contributed by atoms with E-state index in [9.17, 15) is 0 Å². The lowest BCUT2D eigenvalue weighted by Gasteiger charge is -2.05. The van der Waals surface area contributed by atoms with Gasteiger partial charge in [0.15, 0.2) is 11.5 Å². The average molecular weight is 277 g/mol. The van der Waals surface area contributed by atoms with Gasteiger partial charge in [-0.25, -0.2) is 4.98 Å². The summed E-state index contributed by atoms with van der Waals surface area (Å²) in [6.45, 7) is 0.498. The summed E-state index contributed by atoms with van der Waals surface area (Å²) in [7, 11) is 0. The molecule has 0 fully saturated rings. The summed E-state index contributed by atoms with van der Waals surface area (Å²) in [5, 5.41) is 9.08. The molecule has 2 aromatic carbocycles. The van der Waals surface area contributed by atoms with E-state index in [1.54, 1.807) is 0 Å². The molecule has 4 rings (SSSR count). The highest BCUT2D eigenvalue weighted by Gasteiger charge is 2.17. The second-order valence-electron chi connectivity index (χ2n) is 4.74. The number of ether oxygens (including phenoxy) is 2. The molecule has 1 aliphatic heterocycles. The van der Waals surface area contributed by atoms with E-state index < -0.39 is 0 Å². The largest absolute Gasteiger partial charge is 0.454 e. The first-order valence-electron chi connectivity index (χ1n) is 6.59. The lowest BCUT2D eigenvalue weighted by Crippen LogP contribution is -1.98. The molecule has 0 aliphatic carbocycles. The van der Waals surface area contributed by atoms with Gasteiger partial charge >= 0.3 is 0 Å². The van der Waals surface area contributed by atoms with Crippen LogP contribution >= 0.6 is 0 Å².